The minimum atomic E-state index is 0.0538. The van der Waals surface area contributed by atoms with Crippen LogP contribution in [0.4, 0.5) is 0 Å². The fourth-order valence-electron chi connectivity index (χ4n) is 1.22. The number of nitrogens with zero attached hydrogens (tertiary/aromatic N) is 2. The van der Waals surface area contributed by atoms with E-state index in [1.54, 1.807) is 12.4 Å². The van der Waals surface area contributed by atoms with Crippen LogP contribution in [0.3, 0.4) is 0 Å². The van der Waals surface area contributed by atoms with Crippen LogP contribution in [0, 0.1) is 0 Å². The summed E-state index contributed by atoms with van der Waals surface area (Å²) in [5.74, 6) is 0.0538. The van der Waals surface area contributed by atoms with Crippen LogP contribution in [0.2, 0.25) is 0 Å². The average molecular weight is 181 g/mol. The number of aromatic amines is 1. The Bertz CT molecular complexity index is 256. The third kappa shape index (κ3) is 2.31. The minimum Gasteiger partial charge on any atom is -0.339 e. The Morgan fingerprint density at radius 3 is 2.85 bits per heavy atom. The van der Waals surface area contributed by atoms with Gasteiger partial charge in [0.05, 0.1) is 11.8 Å². The van der Waals surface area contributed by atoms with Crippen LogP contribution in [0.1, 0.15) is 30.6 Å². The largest absolute Gasteiger partial charge is 0.339 e. The summed E-state index contributed by atoms with van der Waals surface area (Å²) in [5.41, 5.74) is 0.635. The lowest BCUT2D eigenvalue weighted by atomic mass is 10.3. The van der Waals surface area contributed by atoms with Crippen molar-refractivity contribution in [3.63, 3.8) is 0 Å². The molecule has 1 heterocycles. The number of rotatable bonds is 4. The Labute approximate surface area is 77.9 Å². The Kier molecular flexibility index (Phi) is 3.49. The predicted molar refractivity (Wildman–Crippen MR) is 50.5 cm³/mol. The van der Waals surface area contributed by atoms with Crippen LogP contribution < -0.4 is 0 Å². The highest BCUT2D eigenvalue weighted by atomic mass is 16.2. The molecule has 1 aromatic heterocycles. The van der Waals surface area contributed by atoms with Gasteiger partial charge < -0.3 is 4.90 Å². The number of hydrogen-bond acceptors (Lipinski definition) is 2. The zero-order chi connectivity index (χ0) is 9.68. The van der Waals surface area contributed by atoms with Crippen molar-refractivity contribution in [2.45, 2.75) is 20.3 Å². The second-order valence-electron chi connectivity index (χ2n) is 2.87. The molecule has 0 atom stereocenters. The number of hydrogen-bond donors (Lipinski definition) is 1. The molecular weight excluding hydrogens is 166 g/mol. The van der Waals surface area contributed by atoms with E-state index >= 15 is 0 Å². The van der Waals surface area contributed by atoms with Crippen LogP contribution in [-0.2, 0) is 0 Å². The molecule has 1 amide bonds. The van der Waals surface area contributed by atoms with Crippen molar-refractivity contribution < 1.29 is 4.79 Å². The molecule has 4 heteroatoms. The summed E-state index contributed by atoms with van der Waals surface area (Å²) in [4.78, 5) is 13.5. The summed E-state index contributed by atoms with van der Waals surface area (Å²) in [5, 5.41) is 6.38. The van der Waals surface area contributed by atoms with Crippen LogP contribution in [0.15, 0.2) is 12.4 Å². The third-order valence-electron chi connectivity index (χ3n) is 1.91. The molecule has 1 N–H and O–H groups in total. The van der Waals surface area contributed by atoms with Crippen LogP contribution in [0.25, 0.3) is 0 Å². The van der Waals surface area contributed by atoms with Gasteiger partial charge in [-0.1, -0.05) is 6.92 Å². The second-order valence-corrected chi connectivity index (χ2v) is 2.87. The summed E-state index contributed by atoms with van der Waals surface area (Å²) >= 11 is 0. The molecule has 0 fully saturated rings. The quantitative estimate of drug-likeness (QED) is 0.760. The number of nitrogens with one attached hydrogen (secondary N) is 1. The van der Waals surface area contributed by atoms with Crippen LogP contribution in [0.5, 0.6) is 0 Å². The van der Waals surface area contributed by atoms with Crippen LogP contribution >= 0.6 is 0 Å². The highest BCUT2D eigenvalue weighted by Crippen LogP contribution is 2.02. The van der Waals surface area contributed by atoms with Gasteiger partial charge in [-0.3, -0.25) is 9.89 Å². The normalized spacial score (nSPS) is 10.0. The van der Waals surface area contributed by atoms with E-state index in [4.69, 9.17) is 0 Å². The smallest absolute Gasteiger partial charge is 0.257 e. The van der Waals surface area contributed by atoms with Gasteiger partial charge >= 0.3 is 0 Å². The number of amides is 1. The van der Waals surface area contributed by atoms with Gasteiger partial charge in [-0.15, -0.1) is 0 Å². The van der Waals surface area contributed by atoms with Gasteiger partial charge in [-0.2, -0.15) is 5.10 Å². The lowest BCUT2D eigenvalue weighted by molar-refractivity contribution is 0.0764. The monoisotopic (exact) mass is 181 g/mol. The molecule has 72 valence electrons. The maximum atomic E-state index is 11.7. The first-order valence-corrected chi connectivity index (χ1v) is 4.57. The summed E-state index contributed by atoms with van der Waals surface area (Å²) in [7, 11) is 0. The van der Waals surface area contributed by atoms with E-state index < -0.39 is 0 Å². The molecule has 0 bridgehead atoms. The number of aromatic nitrogens is 2. The number of carbonyl (C=O) groups is 1. The first-order valence-electron chi connectivity index (χ1n) is 4.57. The first-order chi connectivity index (χ1) is 6.29. The number of H-pyrrole nitrogens is 1. The van der Waals surface area contributed by atoms with Gasteiger partial charge in [0.1, 0.15) is 0 Å². The van der Waals surface area contributed by atoms with Gasteiger partial charge in [0, 0.05) is 19.3 Å². The predicted octanol–water partition coefficient (Wildman–Crippen LogP) is 1.28. The Balaban J connectivity index is 2.65. The SMILES string of the molecule is CCCN(CC)C(=O)c1cn[nH]c1. The van der Waals surface area contributed by atoms with E-state index in [-0.39, 0.29) is 5.91 Å². The van der Waals surface area contributed by atoms with Crippen LogP contribution in [-0.4, -0.2) is 34.1 Å². The van der Waals surface area contributed by atoms with E-state index in [2.05, 4.69) is 17.1 Å². The lowest BCUT2D eigenvalue weighted by Gasteiger charge is -2.18. The standard InChI is InChI=1S/C9H15N3O/c1-3-5-12(4-2)9(13)8-6-10-11-7-8/h6-7H,3-5H2,1-2H3,(H,10,11). The molecule has 0 aliphatic carbocycles. The maximum absolute atomic E-state index is 11.7. The summed E-state index contributed by atoms with van der Waals surface area (Å²) < 4.78 is 0. The second kappa shape index (κ2) is 4.64. The van der Waals surface area contributed by atoms with Gasteiger partial charge in [-0.25, -0.2) is 0 Å². The molecule has 1 aromatic rings. The molecule has 13 heavy (non-hydrogen) atoms. The van der Waals surface area contributed by atoms with Crippen molar-refractivity contribution in [1.82, 2.24) is 15.1 Å². The molecule has 0 aliphatic rings. The number of carbonyl (C=O) groups excluding carboxylic acids is 1. The Morgan fingerprint density at radius 1 is 1.62 bits per heavy atom. The highest BCUT2D eigenvalue weighted by molar-refractivity contribution is 5.93. The molecule has 0 saturated carbocycles. The van der Waals surface area contributed by atoms with E-state index in [0.29, 0.717) is 5.56 Å². The minimum absolute atomic E-state index is 0.0538. The fraction of sp³-hybridized carbons (Fsp3) is 0.556. The zero-order valence-electron chi connectivity index (χ0n) is 8.08. The van der Waals surface area contributed by atoms with E-state index in [9.17, 15) is 4.79 Å². The molecule has 0 spiro atoms. The van der Waals surface area contributed by atoms with Crippen molar-refractivity contribution in [2.24, 2.45) is 0 Å². The zero-order valence-corrected chi connectivity index (χ0v) is 8.08. The topological polar surface area (TPSA) is 49.0 Å². The van der Waals surface area contributed by atoms with Crippen molar-refractivity contribution in [2.75, 3.05) is 13.1 Å². The molecule has 0 aliphatic heterocycles. The third-order valence-corrected chi connectivity index (χ3v) is 1.91. The Morgan fingerprint density at radius 2 is 2.38 bits per heavy atom. The molecule has 0 aromatic carbocycles. The first kappa shape index (κ1) is 9.77. The van der Waals surface area contributed by atoms with E-state index in [0.717, 1.165) is 19.5 Å². The van der Waals surface area contributed by atoms with Gasteiger partial charge in [-0.05, 0) is 13.3 Å². The molecule has 4 nitrogen and oxygen atoms in total. The van der Waals surface area contributed by atoms with Crippen molar-refractivity contribution in [3.05, 3.63) is 18.0 Å². The lowest BCUT2D eigenvalue weighted by Crippen LogP contribution is -2.31. The summed E-state index contributed by atoms with van der Waals surface area (Å²) in [6.07, 6.45) is 4.17. The summed E-state index contributed by atoms with van der Waals surface area (Å²) in [6, 6.07) is 0. The molecular formula is C9H15N3O. The van der Waals surface area contributed by atoms with Gasteiger partial charge in [0.15, 0.2) is 0 Å². The maximum Gasteiger partial charge on any atom is 0.257 e. The van der Waals surface area contributed by atoms with Crippen molar-refractivity contribution in [1.29, 1.82) is 0 Å². The van der Waals surface area contributed by atoms with Crippen molar-refractivity contribution >= 4 is 5.91 Å². The highest BCUT2D eigenvalue weighted by Gasteiger charge is 2.13. The van der Waals surface area contributed by atoms with E-state index in [1.807, 2.05) is 11.8 Å². The van der Waals surface area contributed by atoms with Gasteiger partial charge in [0.25, 0.3) is 5.91 Å². The van der Waals surface area contributed by atoms with Gasteiger partial charge in [0.2, 0.25) is 0 Å². The fourth-order valence-corrected chi connectivity index (χ4v) is 1.22. The summed E-state index contributed by atoms with van der Waals surface area (Å²) in [6.45, 7) is 5.59. The molecule has 0 radical (unpaired) electrons. The molecule has 0 unspecified atom stereocenters. The average Bonchev–Trinajstić information content (AvgIpc) is 2.65. The molecule has 0 saturated heterocycles. The Hall–Kier alpha value is -1.32. The van der Waals surface area contributed by atoms with Crippen molar-refractivity contribution in [3.8, 4) is 0 Å². The van der Waals surface area contributed by atoms with E-state index in [1.165, 1.54) is 0 Å². The molecule has 1 rings (SSSR count).